The lowest BCUT2D eigenvalue weighted by Gasteiger charge is -2.19. The second-order valence-corrected chi connectivity index (χ2v) is 5.42. The molecule has 0 aliphatic carbocycles. The molecule has 0 aliphatic rings. The first-order valence-corrected chi connectivity index (χ1v) is 7.20. The van der Waals surface area contributed by atoms with Gasteiger partial charge < -0.3 is 10.2 Å². The maximum Gasteiger partial charge on any atom is 0.321 e. The van der Waals surface area contributed by atoms with E-state index in [-0.39, 0.29) is 11.7 Å². The summed E-state index contributed by atoms with van der Waals surface area (Å²) in [6, 6.07) is 12.2. The molecule has 0 saturated carbocycles. The van der Waals surface area contributed by atoms with Crippen molar-refractivity contribution >= 4 is 17.4 Å². The Balaban J connectivity index is 2.12. The van der Waals surface area contributed by atoms with Crippen molar-refractivity contribution in [2.75, 3.05) is 12.4 Å². The quantitative estimate of drug-likeness (QED) is 0.687. The monoisotopic (exact) mass is 313 g/mol. The third-order valence-electron chi connectivity index (χ3n) is 3.76. The van der Waals surface area contributed by atoms with E-state index in [1.807, 2.05) is 31.2 Å². The molecule has 23 heavy (non-hydrogen) atoms. The van der Waals surface area contributed by atoms with Crippen LogP contribution >= 0.6 is 0 Å². The van der Waals surface area contributed by atoms with Crippen LogP contribution in [0.5, 0.6) is 0 Å². The van der Waals surface area contributed by atoms with E-state index >= 15 is 0 Å². The SMILES string of the molecule is Cc1ccccc1CN(C)C(=O)Nc1cccc([N+](=O)[O-])c1C. The standard InChI is InChI=1S/C17H19N3O3/c1-12-7-4-5-8-14(12)11-19(3)17(21)18-15-9-6-10-16(13(15)2)20(22)23/h4-10H,11H2,1-3H3,(H,18,21). The Kier molecular flexibility index (Phi) is 4.95. The minimum absolute atomic E-state index is 0.00985. The van der Waals surface area contributed by atoms with Crippen molar-refractivity contribution in [3.05, 3.63) is 69.3 Å². The molecule has 0 unspecified atom stereocenters. The van der Waals surface area contributed by atoms with E-state index in [9.17, 15) is 14.9 Å². The summed E-state index contributed by atoms with van der Waals surface area (Å²) in [5.74, 6) is 0. The van der Waals surface area contributed by atoms with Gasteiger partial charge in [0.05, 0.1) is 16.2 Å². The Morgan fingerprint density at radius 1 is 1.17 bits per heavy atom. The molecule has 0 radical (unpaired) electrons. The topological polar surface area (TPSA) is 75.5 Å². The predicted octanol–water partition coefficient (Wildman–Crippen LogP) is 3.88. The third-order valence-corrected chi connectivity index (χ3v) is 3.76. The van der Waals surface area contributed by atoms with Gasteiger partial charge in [0.15, 0.2) is 0 Å². The Morgan fingerprint density at radius 3 is 2.52 bits per heavy atom. The highest BCUT2D eigenvalue weighted by atomic mass is 16.6. The zero-order valence-electron chi connectivity index (χ0n) is 13.4. The van der Waals surface area contributed by atoms with Gasteiger partial charge in [0.2, 0.25) is 0 Å². The van der Waals surface area contributed by atoms with Crippen LogP contribution in [-0.4, -0.2) is 22.9 Å². The number of hydrogen-bond donors (Lipinski definition) is 1. The number of nitro benzene ring substituents is 1. The van der Waals surface area contributed by atoms with Crippen LogP contribution in [-0.2, 0) is 6.54 Å². The van der Waals surface area contributed by atoms with E-state index in [1.165, 1.54) is 6.07 Å². The van der Waals surface area contributed by atoms with Crippen molar-refractivity contribution in [1.29, 1.82) is 0 Å². The lowest BCUT2D eigenvalue weighted by Crippen LogP contribution is -2.31. The average Bonchev–Trinajstić information content (AvgIpc) is 2.51. The molecule has 1 N–H and O–H groups in total. The molecule has 0 saturated heterocycles. The summed E-state index contributed by atoms with van der Waals surface area (Å²) >= 11 is 0. The molecular formula is C17H19N3O3. The molecule has 0 atom stereocenters. The molecule has 120 valence electrons. The van der Waals surface area contributed by atoms with Gasteiger partial charge in [-0.3, -0.25) is 10.1 Å². The molecule has 0 heterocycles. The summed E-state index contributed by atoms with van der Waals surface area (Å²) in [7, 11) is 1.69. The molecule has 2 rings (SSSR count). The number of urea groups is 1. The maximum atomic E-state index is 12.3. The van der Waals surface area contributed by atoms with Gasteiger partial charge in [-0.1, -0.05) is 30.3 Å². The number of rotatable bonds is 4. The van der Waals surface area contributed by atoms with Crippen LogP contribution in [0.4, 0.5) is 16.2 Å². The van der Waals surface area contributed by atoms with Gasteiger partial charge >= 0.3 is 6.03 Å². The molecule has 0 aromatic heterocycles. The molecule has 6 heteroatoms. The first-order chi connectivity index (χ1) is 10.9. The number of hydrogen-bond acceptors (Lipinski definition) is 3. The number of nitro groups is 1. The average molecular weight is 313 g/mol. The van der Waals surface area contributed by atoms with Crippen LogP contribution in [0.25, 0.3) is 0 Å². The highest BCUT2D eigenvalue weighted by Gasteiger charge is 2.16. The molecule has 0 fully saturated rings. The number of benzene rings is 2. The van der Waals surface area contributed by atoms with Gasteiger partial charge in [0.1, 0.15) is 0 Å². The molecule has 0 aliphatic heterocycles. The second-order valence-electron chi connectivity index (χ2n) is 5.42. The summed E-state index contributed by atoms with van der Waals surface area (Å²) in [5.41, 5.74) is 3.04. The second kappa shape index (κ2) is 6.91. The molecule has 6 nitrogen and oxygen atoms in total. The number of amides is 2. The van der Waals surface area contributed by atoms with Crippen molar-refractivity contribution in [2.24, 2.45) is 0 Å². The Morgan fingerprint density at radius 2 is 1.87 bits per heavy atom. The summed E-state index contributed by atoms with van der Waals surface area (Å²) in [5, 5.41) is 13.7. The highest BCUT2D eigenvalue weighted by Crippen LogP contribution is 2.25. The molecule has 0 spiro atoms. The first kappa shape index (κ1) is 16.5. The number of nitrogens with one attached hydrogen (secondary N) is 1. The van der Waals surface area contributed by atoms with E-state index in [2.05, 4.69) is 5.32 Å². The van der Waals surface area contributed by atoms with E-state index in [4.69, 9.17) is 0 Å². The minimum Gasteiger partial charge on any atom is -0.323 e. The van der Waals surface area contributed by atoms with Gasteiger partial charge in [-0.05, 0) is 31.0 Å². The fourth-order valence-electron chi connectivity index (χ4n) is 2.28. The Bertz CT molecular complexity index is 744. The fourth-order valence-corrected chi connectivity index (χ4v) is 2.28. The fraction of sp³-hybridized carbons (Fsp3) is 0.235. The first-order valence-electron chi connectivity index (χ1n) is 7.20. The molecule has 2 amide bonds. The summed E-state index contributed by atoms with van der Waals surface area (Å²) in [6.07, 6.45) is 0. The summed E-state index contributed by atoms with van der Waals surface area (Å²) in [4.78, 5) is 24.3. The summed E-state index contributed by atoms with van der Waals surface area (Å²) < 4.78 is 0. The van der Waals surface area contributed by atoms with Crippen molar-refractivity contribution < 1.29 is 9.72 Å². The van der Waals surface area contributed by atoms with E-state index in [0.717, 1.165) is 11.1 Å². The van der Waals surface area contributed by atoms with E-state index in [1.54, 1.807) is 31.0 Å². The van der Waals surface area contributed by atoms with Crippen molar-refractivity contribution in [3.63, 3.8) is 0 Å². The van der Waals surface area contributed by atoms with Crippen LogP contribution in [0.1, 0.15) is 16.7 Å². The van der Waals surface area contributed by atoms with Gasteiger partial charge in [0, 0.05) is 19.7 Å². The number of carbonyl (C=O) groups is 1. The van der Waals surface area contributed by atoms with Crippen LogP contribution in [0, 0.1) is 24.0 Å². The molecule has 2 aromatic rings. The van der Waals surface area contributed by atoms with Crippen molar-refractivity contribution in [2.45, 2.75) is 20.4 Å². The normalized spacial score (nSPS) is 10.2. The van der Waals surface area contributed by atoms with Gasteiger partial charge in [-0.25, -0.2) is 4.79 Å². The van der Waals surface area contributed by atoms with Gasteiger partial charge in [-0.15, -0.1) is 0 Å². The van der Waals surface area contributed by atoms with Gasteiger partial charge in [0.25, 0.3) is 5.69 Å². The molecule has 2 aromatic carbocycles. The number of carbonyl (C=O) groups excluding carboxylic acids is 1. The van der Waals surface area contributed by atoms with Crippen molar-refractivity contribution in [1.82, 2.24) is 4.90 Å². The number of aryl methyl sites for hydroxylation is 1. The lowest BCUT2D eigenvalue weighted by molar-refractivity contribution is -0.385. The number of nitrogens with zero attached hydrogens (tertiary/aromatic N) is 2. The number of anilines is 1. The highest BCUT2D eigenvalue weighted by molar-refractivity contribution is 5.90. The zero-order valence-corrected chi connectivity index (χ0v) is 13.4. The minimum atomic E-state index is -0.456. The third kappa shape index (κ3) is 3.85. The van der Waals surface area contributed by atoms with E-state index < -0.39 is 4.92 Å². The summed E-state index contributed by atoms with van der Waals surface area (Å²) in [6.45, 7) is 4.08. The predicted molar refractivity (Wildman–Crippen MR) is 89.5 cm³/mol. The van der Waals surface area contributed by atoms with Crippen LogP contribution < -0.4 is 5.32 Å². The van der Waals surface area contributed by atoms with Crippen molar-refractivity contribution in [3.8, 4) is 0 Å². The van der Waals surface area contributed by atoms with Crippen LogP contribution in [0.2, 0.25) is 0 Å². The lowest BCUT2D eigenvalue weighted by atomic mass is 10.1. The van der Waals surface area contributed by atoms with Crippen LogP contribution in [0.15, 0.2) is 42.5 Å². The molecular weight excluding hydrogens is 294 g/mol. The maximum absolute atomic E-state index is 12.3. The Labute approximate surface area is 134 Å². The zero-order chi connectivity index (χ0) is 17.0. The largest absolute Gasteiger partial charge is 0.323 e. The Hall–Kier alpha value is -2.89. The van der Waals surface area contributed by atoms with Gasteiger partial charge in [-0.2, -0.15) is 0 Å². The molecule has 0 bridgehead atoms. The smallest absolute Gasteiger partial charge is 0.321 e. The van der Waals surface area contributed by atoms with E-state index in [0.29, 0.717) is 17.8 Å². The van der Waals surface area contributed by atoms with Crippen LogP contribution in [0.3, 0.4) is 0 Å².